The van der Waals surface area contributed by atoms with Crippen molar-refractivity contribution in [1.82, 2.24) is 15.1 Å². The Kier molecular flexibility index (Phi) is 4.99. The fourth-order valence-corrected chi connectivity index (χ4v) is 3.03. The van der Waals surface area contributed by atoms with Crippen LogP contribution in [0.1, 0.15) is 52.4 Å². The fourth-order valence-electron chi connectivity index (χ4n) is 3.03. The first kappa shape index (κ1) is 18.1. The van der Waals surface area contributed by atoms with Crippen LogP contribution in [0.2, 0.25) is 0 Å². The van der Waals surface area contributed by atoms with Crippen molar-refractivity contribution >= 4 is 11.6 Å². The molecule has 7 heteroatoms. The van der Waals surface area contributed by atoms with E-state index in [4.69, 9.17) is 0 Å². The number of aryl methyl sites for hydroxylation is 1. The number of carbonyl (C=O) groups excluding carboxylic acids is 1. The van der Waals surface area contributed by atoms with Crippen LogP contribution in [0.3, 0.4) is 0 Å². The number of hydrogen-bond donors (Lipinski definition) is 1. The number of nitro groups is 1. The molecular weight excluding hydrogens is 284 g/mol. The Balaban J connectivity index is 2.82. The number of nitrogens with one attached hydrogen (secondary N) is 1. The Labute approximate surface area is 131 Å². The van der Waals surface area contributed by atoms with Crippen LogP contribution in [0, 0.1) is 29.4 Å². The van der Waals surface area contributed by atoms with Crippen molar-refractivity contribution in [3.05, 3.63) is 21.5 Å². The first-order valence-corrected chi connectivity index (χ1v) is 7.32. The van der Waals surface area contributed by atoms with Gasteiger partial charge in [-0.1, -0.05) is 20.8 Å². The normalized spacial score (nSPS) is 12.3. The second-order valence-electron chi connectivity index (χ2n) is 7.60. The lowest BCUT2D eigenvalue weighted by Gasteiger charge is -2.33. The van der Waals surface area contributed by atoms with Crippen molar-refractivity contribution in [3.63, 3.8) is 0 Å². The molecule has 1 heterocycles. The number of amides is 1. The zero-order valence-electron chi connectivity index (χ0n) is 14.5. The maximum absolute atomic E-state index is 12.2. The molecule has 1 N–H and O–H groups in total. The Bertz CT molecular complexity index is 582. The molecule has 0 aliphatic rings. The zero-order valence-corrected chi connectivity index (χ0v) is 14.5. The monoisotopic (exact) mass is 310 g/mol. The van der Waals surface area contributed by atoms with Crippen LogP contribution >= 0.6 is 0 Å². The Hall–Kier alpha value is -1.92. The van der Waals surface area contributed by atoms with Gasteiger partial charge in [-0.2, -0.15) is 5.10 Å². The Morgan fingerprint density at radius 2 is 1.82 bits per heavy atom. The van der Waals surface area contributed by atoms with Gasteiger partial charge < -0.3 is 5.32 Å². The molecule has 22 heavy (non-hydrogen) atoms. The first-order valence-electron chi connectivity index (χ1n) is 7.32. The predicted octanol–water partition coefficient (Wildman–Crippen LogP) is 2.74. The molecular formula is C15H26N4O3. The van der Waals surface area contributed by atoms with E-state index in [-0.39, 0.29) is 29.1 Å². The number of rotatable bonds is 5. The highest BCUT2D eigenvalue weighted by molar-refractivity contribution is 5.76. The molecule has 0 aliphatic heterocycles. The molecule has 1 aromatic rings. The minimum absolute atomic E-state index is 0.0198. The van der Waals surface area contributed by atoms with Crippen molar-refractivity contribution in [2.75, 3.05) is 0 Å². The van der Waals surface area contributed by atoms with Crippen molar-refractivity contribution in [3.8, 4) is 0 Å². The fraction of sp³-hybridized carbons (Fsp3) is 0.733. The standard InChI is InChI=1S/C15H26N4O3/c1-10-13(19(21)22)11(2)18(17-10)8-12(20)16-15(6,7)9-14(3,4)5/h8-9H2,1-7H3,(H,16,20). The predicted molar refractivity (Wildman–Crippen MR) is 84.6 cm³/mol. The molecule has 0 aliphatic carbocycles. The molecule has 124 valence electrons. The van der Waals surface area contributed by atoms with E-state index < -0.39 is 4.92 Å². The zero-order chi connectivity index (χ0) is 17.3. The minimum atomic E-state index is -0.463. The summed E-state index contributed by atoms with van der Waals surface area (Å²) in [5.74, 6) is -0.199. The van der Waals surface area contributed by atoms with Crippen LogP contribution in [-0.2, 0) is 11.3 Å². The number of nitrogens with zero attached hydrogens (tertiary/aromatic N) is 3. The average Bonchev–Trinajstić information content (AvgIpc) is 2.48. The minimum Gasteiger partial charge on any atom is -0.350 e. The summed E-state index contributed by atoms with van der Waals surface area (Å²) in [4.78, 5) is 22.7. The van der Waals surface area contributed by atoms with Crippen molar-refractivity contribution in [2.24, 2.45) is 5.41 Å². The summed E-state index contributed by atoms with van der Waals surface area (Å²) in [5, 5.41) is 18.0. The summed E-state index contributed by atoms with van der Waals surface area (Å²) >= 11 is 0. The highest BCUT2D eigenvalue weighted by atomic mass is 16.6. The molecule has 0 fully saturated rings. The van der Waals surface area contributed by atoms with Crippen LogP contribution in [0.4, 0.5) is 5.69 Å². The largest absolute Gasteiger partial charge is 0.350 e. The second kappa shape index (κ2) is 6.06. The van der Waals surface area contributed by atoms with E-state index in [1.54, 1.807) is 13.8 Å². The van der Waals surface area contributed by atoms with Gasteiger partial charge in [-0.15, -0.1) is 0 Å². The molecule has 1 rings (SSSR count). The van der Waals surface area contributed by atoms with E-state index in [0.29, 0.717) is 11.4 Å². The lowest BCUT2D eigenvalue weighted by atomic mass is 9.82. The summed E-state index contributed by atoms with van der Waals surface area (Å²) in [7, 11) is 0. The van der Waals surface area contributed by atoms with E-state index in [1.807, 2.05) is 13.8 Å². The third-order valence-electron chi connectivity index (χ3n) is 3.27. The van der Waals surface area contributed by atoms with Gasteiger partial charge in [-0.05, 0) is 39.5 Å². The van der Waals surface area contributed by atoms with Gasteiger partial charge in [0.1, 0.15) is 17.9 Å². The molecule has 0 atom stereocenters. The van der Waals surface area contributed by atoms with Crippen LogP contribution in [-0.4, -0.2) is 26.1 Å². The van der Waals surface area contributed by atoms with Crippen LogP contribution in [0.25, 0.3) is 0 Å². The van der Waals surface area contributed by atoms with E-state index in [9.17, 15) is 14.9 Å². The van der Waals surface area contributed by atoms with Gasteiger partial charge in [0.15, 0.2) is 0 Å². The first-order chi connectivity index (χ1) is 9.82. The van der Waals surface area contributed by atoms with Crippen molar-refractivity contribution in [2.45, 2.75) is 67.0 Å². The number of carbonyl (C=O) groups is 1. The molecule has 7 nitrogen and oxygen atoms in total. The molecule has 0 spiro atoms. The van der Waals surface area contributed by atoms with Gasteiger partial charge >= 0.3 is 5.69 Å². The molecule has 0 bridgehead atoms. The SMILES string of the molecule is Cc1nn(CC(=O)NC(C)(C)CC(C)(C)C)c(C)c1[N+](=O)[O-]. The van der Waals surface area contributed by atoms with Gasteiger partial charge in [0.2, 0.25) is 5.91 Å². The molecule has 0 saturated heterocycles. The van der Waals surface area contributed by atoms with Gasteiger partial charge in [-0.25, -0.2) is 0 Å². The second-order valence-corrected chi connectivity index (χ2v) is 7.60. The topological polar surface area (TPSA) is 90.1 Å². The molecule has 1 aromatic heterocycles. The van der Waals surface area contributed by atoms with Gasteiger partial charge in [0.05, 0.1) is 4.92 Å². The summed E-state index contributed by atoms with van der Waals surface area (Å²) in [6.45, 7) is 13.4. The van der Waals surface area contributed by atoms with E-state index >= 15 is 0 Å². The Morgan fingerprint density at radius 3 is 2.23 bits per heavy atom. The third kappa shape index (κ3) is 4.82. The van der Waals surface area contributed by atoms with Crippen molar-refractivity contribution in [1.29, 1.82) is 0 Å². The van der Waals surface area contributed by atoms with Gasteiger partial charge in [0, 0.05) is 5.54 Å². The van der Waals surface area contributed by atoms with Crippen LogP contribution in [0.5, 0.6) is 0 Å². The maximum Gasteiger partial charge on any atom is 0.312 e. The van der Waals surface area contributed by atoms with E-state index in [2.05, 4.69) is 31.2 Å². The number of hydrogen-bond acceptors (Lipinski definition) is 4. The van der Waals surface area contributed by atoms with Crippen LogP contribution in [0.15, 0.2) is 0 Å². The molecule has 0 radical (unpaired) electrons. The van der Waals surface area contributed by atoms with Gasteiger partial charge in [-0.3, -0.25) is 19.6 Å². The van der Waals surface area contributed by atoms with E-state index in [0.717, 1.165) is 6.42 Å². The lowest BCUT2D eigenvalue weighted by molar-refractivity contribution is -0.386. The molecule has 0 saturated carbocycles. The summed E-state index contributed by atoms with van der Waals surface area (Å²) in [6, 6.07) is 0. The highest BCUT2D eigenvalue weighted by Gasteiger charge is 2.28. The highest BCUT2D eigenvalue weighted by Crippen LogP contribution is 2.27. The molecule has 0 unspecified atom stereocenters. The van der Waals surface area contributed by atoms with Gasteiger partial charge in [0.25, 0.3) is 0 Å². The van der Waals surface area contributed by atoms with Crippen LogP contribution < -0.4 is 5.32 Å². The maximum atomic E-state index is 12.2. The number of aromatic nitrogens is 2. The van der Waals surface area contributed by atoms with Crippen molar-refractivity contribution < 1.29 is 9.72 Å². The summed E-state index contributed by atoms with van der Waals surface area (Å²) < 4.78 is 1.38. The summed E-state index contributed by atoms with van der Waals surface area (Å²) in [6.07, 6.45) is 0.822. The lowest BCUT2D eigenvalue weighted by Crippen LogP contribution is -2.47. The van der Waals surface area contributed by atoms with E-state index in [1.165, 1.54) is 4.68 Å². The third-order valence-corrected chi connectivity index (χ3v) is 3.27. The quantitative estimate of drug-likeness (QED) is 0.669. The molecule has 1 amide bonds. The smallest absolute Gasteiger partial charge is 0.312 e. The Morgan fingerprint density at radius 1 is 1.27 bits per heavy atom. The average molecular weight is 310 g/mol. The summed E-state index contributed by atoms with van der Waals surface area (Å²) in [5.41, 5.74) is 0.433. The molecule has 0 aromatic carbocycles.